The van der Waals surface area contributed by atoms with Gasteiger partial charge in [-0.05, 0) is 23.8 Å². The van der Waals surface area contributed by atoms with Crippen LogP contribution in [0.3, 0.4) is 0 Å². The predicted molar refractivity (Wildman–Crippen MR) is 212 cm³/mol. The van der Waals surface area contributed by atoms with Crippen molar-refractivity contribution in [3.05, 3.63) is 36.4 Å². The Morgan fingerprint density at radius 3 is 2.42 bits per heavy atom. The van der Waals surface area contributed by atoms with Crippen LogP contribution in [0.1, 0.15) is 32.1 Å². The van der Waals surface area contributed by atoms with Crippen molar-refractivity contribution in [3.63, 3.8) is 0 Å². The number of phosphoric ester groups is 3. The quantitative estimate of drug-likeness (QED) is 0.0269. The number of fused-ring (bicyclic) bond motifs is 1. The number of nitrogens with one attached hydrogen (secondary N) is 2. The number of imidazole rings is 1. The first-order valence-corrected chi connectivity index (χ1v) is 23.2. The van der Waals surface area contributed by atoms with Gasteiger partial charge in [0.25, 0.3) is 0 Å². The van der Waals surface area contributed by atoms with Crippen LogP contribution in [0.4, 0.5) is 5.82 Å². The van der Waals surface area contributed by atoms with Gasteiger partial charge < -0.3 is 65.8 Å². The molecule has 4 rings (SSSR count). The van der Waals surface area contributed by atoms with Gasteiger partial charge in [-0.25, -0.2) is 28.6 Å². The molecule has 0 bridgehead atoms. The van der Waals surface area contributed by atoms with Gasteiger partial charge in [-0.15, -0.1) is 0 Å². The number of phenols is 2. The highest BCUT2D eigenvalue weighted by molar-refractivity contribution is 8.14. The second kappa shape index (κ2) is 21.1. The minimum Gasteiger partial charge on any atom is -0.504 e. The number of thioether (sulfide) groups is 1. The number of hydrogen-bond donors (Lipinski definition) is 11. The van der Waals surface area contributed by atoms with E-state index in [-0.39, 0.29) is 53.1 Å². The van der Waals surface area contributed by atoms with Gasteiger partial charge in [0.05, 0.1) is 26.7 Å². The SMILES string of the molecule is COc1cc(C=CC(=O)SCCNC(=O)CCNC(=O)[C@H](O)C(C)(C)COP(=O)(O)OP(=O)(O)OC[C@H]2O[C@@H](n3cnc4c(N)ncnc43)[C@H](O)[C@@H]2OP(=O)(O)O)cc(O)c1O. The van der Waals surface area contributed by atoms with Gasteiger partial charge in [-0.3, -0.25) is 32.5 Å². The summed E-state index contributed by atoms with van der Waals surface area (Å²) < 4.78 is 67.1. The summed E-state index contributed by atoms with van der Waals surface area (Å²) in [4.78, 5) is 88.0. The molecule has 1 aliphatic heterocycles. The molecule has 12 N–H and O–H groups in total. The maximum Gasteiger partial charge on any atom is 0.481 e. The summed E-state index contributed by atoms with van der Waals surface area (Å²) in [6.07, 6.45) is -4.51. The number of nitrogens with two attached hydrogens (primary N) is 1. The van der Waals surface area contributed by atoms with Crippen LogP contribution in [0.2, 0.25) is 0 Å². The van der Waals surface area contributed by atoms with Crippen LogP contribution in [0.15, 0.2) is 30.9 Å². The third-order valence-electron chi connectivity index (χ3n) is 8.46. The van der Waals surface area contributed by atoms with Crippen LogP contribution in [0, 0.1) is 5.41 Å². The van der Waals surface area contributed by atoms with E-state index in [1.54, 1.807) is 0 Å². The van der Waals surface area contributed by atoms with Gasteiger partial charge in [0.15, 0.2) is 29.2 Å². The number of carbonyl (C=O) groups excluding carboxylic acids is 3. The minimum atomic E-state index is -5.60. The number of amides is 2. The molecule has 3 heterocycles. The van der Waals surface area contributed by atoms with E-state index >= 15 is 0 Å². The first-order chi connectivity index (χ1) is 28.8. The highest BCUT2D eigenvalue weighted by atomic mass is 32.2. The van der Waals surface area contributed by atoms with Gasteiger partial charge >= 0.3 is 23.5 Å². The van der Waals surface area contributed by atoms with Crippen LogP contribution in [-0.2, 0) is 50.7 Å². The van der Waals surface area contributed by atoms with E-state index in [2.05, 4.69) is 34.4 Å². The summed E-state index contributed by atoms with van der Waals surface area (Å²) in [6.45, 7) is 0.199. The Morgan fingerprint density at radius 2 is 1.74 bits per heavy atom. The Kier molecular flexibility index (Phi) is 17.2. The highest BCUT2D eigenvalue weighted by Gasteiger charge is 2.50. The normalized spacial score (nSPS) is 20.7. The molecular formula is C31H44N7O20P3S. The molecule has 1 aromatic carbocycles. The van der Waals surface area contributed by atoms with Crippen LogP contribution >= 0.6 is 35.2 Å². The Balaban J connectivity index is 1.20. The first kappa shape index (κ1) is 50.6. The molecule has 1 fully saturated rings. The molecule has 27 nitrogen and oxygen atoms in total. The standard InChI is InChI=1S/C31H44N7O20P3S/c1-31(2,26(44)29(45)34-7-6-20(40)33-8-9-62-21(41)5-4-16-10-17(39)23(42)18(11-16)53-3)13-55-61(51,52)58-60(49,50)54-12-19-25(57-59(46,47)48)24(43)30(56-19)38-15-37-22-27(32)35-14-36-28(22)38/h4-5,10-11,14-15,19,24-26,30,39,42-44H,6-9,12-13H2,1-3H3,(H,33,40)(H,34,45)(H,49,50)(H,51,52)(H2,32,35,36)(H2,46,47,48)/t19-,24-,25-,26+,30-/m1/s1. The van der Waals surface area contributed by atoms with Crippen molar-refractivity contribution < 1.29 is 95.4 Å². The number of hydrogen-bond acceptors (Lipinski definition) is 21. The zero-order chi connectivity index (χ0) is 46.2. The zero-order valence-electron chi connectivity index (χ0n) is 32.7. The lowest BCUT2D eigenvalue weighted by atomic mass is 9.87. The third-order valence-corrected chi connectivity index (χ3v) is 12.4. The average Bonchev–Trinajstić information content (AvgIpc) is 3.74. The van der Waals surface area contributed by atoms with Crippen molar-refractivity contribution >= 4 is 75.2 Å². The Morgan fingerprint density at radius 1 is 1.05 bits per heavy atom. The topological polar surface area (TPSA) is 413 Å². The van der Waals surface area contributed by atoms with Gasteiger partial charge in [0.1, 0.15) is 36.3 Å². The lowest BCUT2D eigenvalue weighted by Crippen LogP contribution is -2.46. The van der Waals surface area contributed by atoms with E-state index in [1.807, 2.05) is 0 Å². The summed E-state index contributed by atoms with van der Waals surface area (Å²) in [5.74, 6) is -2.28. The number of aliphatic hydroxyl groups is 2. The van der Waals surface area contributed by atoms with E-state index < -0.39 is 96.1 Å². The summed E-state index contributed by atoms with van der Waals surface area (Å²) >= 11 is 0.877. The zero-order valence-corrected chi connectivity index (χ0v) is 36.2. The predicted octanol–water partition coefficient (Wildman–Crippen LogP) is -0.202. The fraction of sp³-hybridized carbons (Fsp3) is 0.484. The molecule has 344 valence electrons. The van der Waals surface area contributed by atoms with Gasteiger partial charge in [0, 0.05) is 30.7 Å². The van der Waals surface area contributed by atoms with Crippen molar-refractivity contribution in [2.75, 3.05) is 44.9 Å². The van der Waals surface area contributed by atoms with E-state index in [4.69, 9.17) is 24.3 Å². The molecule has 2 amide bonds. The fourth-order valence-electron chi connectivity index (χ4n) is 5.36. The molecule has 62 heavy (non-hydrogen) atoms. The van der Waals surface area contributed by atoms with Crippen LogP contribution in [0.25, 0.3) is 17.2 Å². The number of nitrogen functional groups attached to an aromatic ring is 1. The second-order valence-electron chi connectivity index (χ2n) is 13.7. The summed E-state index contributed by atoms with van der Waals surface area (Å²) in [5.41, 5.74) is 4.58. The minimum absolute atomic E-state index is 0.0102. The number of aliphatic hydroxyl groups excluding tert-OH is 2. The van der Waals surface area contributed by atoms with E-state index in [1.165, 1.54) is 45.2 Å². The van der Waals surface area contributed by atoms with Crippen LogP contribution in [-0.4, -0.2) is 140 Å². The molecule has 0 radical (unpaired) electrons. The molecule has 2 aromatic heterocycles. The number of anilines is 1. The van der Waals surface area contributed by atoms with E-state index in [0.717, 1.165) is 29.0 Å². The molecule has 0 aliphatic carbocycles. The smallest absolute Gasteiger partial charge is 0.481 e. The second-order valence-corrected chi connectivity index (χ2v) is 19.0. The summed E-state index contributed by atoms with van der Waals surface area (Å²) in [7, 11) is -15.2. The van der Waals surface area contributed by atoms with Crippen molar-refractivity contribution in [2.45, 2.75) is 50.9 Å². The molecule has 2 unspecified atom stereocenters. The summed E-state index contributed by atoms with van der Waals surface area (Å²) in [5, 5.41) is 45.4. The molecule has 1 aliphatic rings. The number of aromatic nitrogens is 4. The number of nitrogens with zero attached hydrogens (tertiary/aromatic N) is 4. The maximum absolute atomic E-state index is 12.7. The van der Waals surface area contributed by atoms with Crippen molar-refractivity contribution in [3.8, 4) is 17.2 Å². The molecule has 0 spiro atoms. The number of rotatable bonds is 22. The Labute approximate surface area is 355 Å². The fourth-order valence-corrected chi connectivity index (χ4v) is 8.76. The molecule has 3 aromatic rings. The van der Waals surface area contributed by atoms with Gasteiger partial charge in [-0.1, -0.05) is 31.7 Å². The number of ether oxygens (including phenoxy) is 2. The number of aromatic hydroxyl groups is 2. The third kappa shape index (κ3) is 14.2. The lowest BCUT2D eigenvalue weighted by molar-refractivity contribution is -0.137. The van der Waals surface area contributed by atoms with Crippen molar-refractivity contribution in [1.82, 2.24) is 30.2 Å². The molecule has 0 saturated carbocycles. The number of carbonyl (C=O) groups is 3. The number of benzene rings is 1. The Bertz CT molecular complexity index is 2280. The van der Waals surface area contributed by atoms with Crippen LogP contribution < -0.4 is 21.1 Å². The van der Waals surface area contributed by atoms with E-state index in [9.17, 15) is 68.1 Å². The maximum atomic E-state index is 12.7. The molecule has 31 heteroatoms. The number of methoxy groups -OCH3 is 1. The highest BCUT2D eigenvalue weighted by Crippen LogP contribution is 2.61. The first-order valence-electron chi connectivity index (χ1n) is 17.7. The lowest BCUT2D eigenvalue weighted by Gasteiger charge is -2.30. The monoisotopic (exact) mass is 959 g/mol. The largest absolute Gasteiger partial charge is 0.504 e. The molecule has 1 saturated heterocycles. The molecular weight excluding hydrogens is 915 g/mol. The van der Waals surface area contributed by atoms with Gasteiger partial charge in [-0.2, -0.15) is 4.31 Å². The number of phosphoric acid groups is 3. The van der Waals surface area contributed by atoms with Crippen molar-refractivity contribution in [1.29, 1.82) is 0 Å². The molecule has 7 atom stereocenters. The Hall–Kier alpha value is -4.08. The average molecular weight is 960 g/mol. The number of phenolic OH excluding ortho intramolecular Hbond substituents is 2. The van der Waals surface area contributed by atoms with Crippen LogP contribution in [0.5, 0.6) is 17.2 Å². The van der Waals surface area contributed by atoms with Crippen molar-refractivity contribution in [2.24, 2.45) is 5.41 Å². The van der Waals surface area contributed by atoms with Gasteiger partial charge in [0.2, 0.25) is 22.7 Å². The van der Waals surface area contributed by atoms with E-state index in [0.29, 0.717) is 5.56 Å². The summed E-state index contributed by atoms with van der Waals surface area (Å²) in [6, 6.07) is 2.63.